The number of nitrogens with two attached hydrogens (primary N) is 1. The topological polar surface area (TPSA) is 66.9 Å². The minimum Gasteiger partial charge on any atom is -0.330 e. The van der Waals surface area contributed by atoms with E-state index >= 15 is 0 Å². The van der Waals surface area contributed by atoms with E-state index in [0.717, 1.165) is 12.8 Å². The van der Waals surface area contributed by atoms with Crippen LogP contribution in [-0.4, -0.2) is 18.5 Å². The molecule has 0 amide bonds. The van der Waals surface area contributed by atoms with Gasteiger partial charge in [-0.25, -0.2) is 0 Å². The van der Waals surface area contributed by atoms with E-state index in [1.54, 1.807) is 6.07 Å². The summed E-state index contributed by atoms with van der Waals surface area (Å²) in [5.74, 6) is -2.96. The summed E-state index contributed by atoms with van der Waals surface area (Å²) in [6, 6.07) is 1.71. The van der Waals surface area contributed by atoms with Gasteiger partial charge in [-0.05, 0) is 25.8 Å². The first kappa shape index (κ1) is 15.9. The number of alkyl halides is 3. The minimum atomic E-state index is -4.83. The summed E-state index contributed by atoms with van der Waals surface area (Å²) in [5.41, 5.74) is 5.26. The normalized spacial score (nSPS) is 13.1. The molecule has 0 aliphatic carbocycles. The lowest BCUT2D eigenvalue weighted by atomic mass is 9.92. The Kier molecular flexibility index (Phi) is 7.55. The minimum absolute atomic E-state index is 0.125. The molecule has 0 aromatic heterocycles. The molecule has 0 bridgehead atoms. The van der Waals surface area contributed by atoms with Crippen LogP contribution in [0.2, 0.25) is 0 Å². The first-order valence-electron chi connectivity index (χ1n) is 5.44. The summed E-state index contributed by atoms with van der Waals surface area (Å²) in [6.45, 7) is 0.486. The van der Waals surface area contributed by atoms with Crippen molar-refractivity contribution in [2.45, 2.75) is 38.3 Å². The second kappa shape index (κ2) is 8.07. The number of nitrogens with zero attached hydrogens (tertiary/aromatic N) is 1. The van der Waals surface area contributed by atoms with E-state index < -0.39 is 17.9 Å². The van der Waals surface area contributed by atoms with Gasteiger partial charge in [0.15, 0.2) is 0 Å². The van der Waals surface area contributed by atoms with Crippen LogP contribution in [0.15, 0.2) is 0 Å². The van der Waals surface area contributed by atoms with Crippen molar-refractivity contribution in [1.82, 2.24) is 0 Å². The van der Waals surface area contributed by atoms with Crippen LogP contribution in [0.25, 0.3) is 0 Å². The van der Waals surface area contributed by atoms with Crippen LogP contribution >= 0.6 is 0 Å². The molecule has 0 spiro atoms. The monoisotopic (exact) mass is 249 g/mol. The molecule has 6 heteroatoms. The molecule has 1 atom stereocenters. The van der Waals surface area contributed by atoms with Gasteiger partial charge in [0.25, 0.3) is 0 Å². The van der Waals surface area contributed by atoms with Crippen LogP contribution in [0.5, 0.6) is 0 Å². The summed E-state index contributed by atoms with van der Waals surface area (Å²) in [5, 5.41) is 8.32. The molecule has 17 heavy (non-hydrogen) atoms. The van der Waals surface area contributed by atoms with Gasteiger partial charge in [-0.3, -0.25) is 4.79 Å². The second-order valence-electron chi connectivity index (χ2n) is 3.70. The van der Waals surface area contributed by atoms with Crippen molar-refractivity contribution >= 4 is 5.78 Å². The molecular weight excluding hydrogens is 233 g/mol. The van der Waals surface area contributed by atoms with Crippen LogP contribution < -0.4 is 5.73 Å². The van der Waals surface area contributed by atoms with Crippen molar-refractivity contribution in [1.29, 1.82) is 5.26 Å². The third-order valence-electron chi connectivity index (χ3n) is 2.33. The highest BCUT2D eigenvalue weighted by Crippen LogP contribution is 2.26. The lowest BCUT2D eigenvalue weighted by molar-refractivity contribution is -0.174. The Bertz CT molecular complexity index is 271. The second-order valence-corrected chi connectivity index (χ2v) is 3.70. The van der Waals surface area contributed by atoms with Crippen LogP contribution in [-0.2, 0) is 4.79 Å². The van der Waals surface area contributed by atoms with Crippen molar-refractivity contribution < 1.29 is 18.0 Å². The fourth-order valence-electron chi connectivity index (χ4n) is 1.45. The van der Waals surface area contributed by atoms with E-state index in [1.165, 1.54) is 0 Å². The smallest absolute Gasteiger partial charge is 0.330 e. The Hall–Kier alpha value is -1.09. The van der Waals surface area contributed by atoms with Crippen LogP contribution in [0, 0.1) is 23.7 Å². The maximum absolute atomic E-state index is 12.2. The maximum atomic E-state index is 12.2. The number of Topliss-reactive ketones (excluding diaryl/α,β-unsaturated/α-hetero) is 1. The molecule has 0 aliphatic heterocycles. The van der Waals surface area contributed by atoms with Crippen molar-refractivity contribution in [3.05, 3.63) is 6.42 Å². The average molecular weight is 249 g/mol. The van der Waals surface area contributed by atoms with Gasteiger partial charge in [0.05, 0.1) is 6.07 Å². The van der Waals surface area contributed by atoms with Crippen molar-refractivity contribution in [2.24, 2.45) is 11.7 Å². The summed E-state index contributed by atoms with van der Waals surface area (Å²) in [6.07, 6.45) is -1.79. The Morgan fingerprint density at radius 2 is 2.00 bits per heavy atom. The number of hydrogen-bond donors (Lipinski definition) is 1. The first-order chi connectivity index (χ1) is 7.93. The molecule has 0 heterocycles. The molecule has 97 valence electrons. The molecule has 0 aromatic rings. The third kappa shape index (κ3) is 6.95. The Balaban J connectivity index is 4.24. The van der Waals surface area contributed by atoms with Gasteiger partial charge in [-0.1, -0.05) is 12.8 Å². The summed E-state index contributed by atoms with van der Waals surface area (Å²) >= 11 is 0. The average Bonchev–Trinajstić information content (AvgIpc) is 2.26. The fourth-order valence-corrected chi connectivity index (χ4v) is 1.45. The number of carbonyl (C=O) groups excluding carboxylic acids is 1. The van der Waals surface area contributed by atoms with Gasteiger partial charge in [0.1, 0.15) is 0 Å². The molecular formula is C11H16F3N2O. The molecule has 1 unspecified atom stereocenters. The van der Waals surface area contributed by atoms with E-state index in [0.29, 0.717) is 19.4 Å². The molecule has 0 aliphatic rings. The molecule has 0 saturated heterocycles. The zero-order valence-electron chi connectivity index (χ0n) is 9.46. The van der Waals surface area contributed by atoms with Crippen molar-refractivity contribution in [3.63, 3.8) is 0 Å². The molecule has 0 aromatic carbocycles. The number of unbranched alkanes of at least 4 members (excludes halogenated alkanes) is 2. The first-order valence-corrected chi connectivity index (χ1v) is 5.44. The van der Waals surface area contributed by atoms with Crippen LogP contribution in [0.4, 0.5) is 13.2 Å². The number of halogens is 3. The molecule has 2 N–H and O–H groups in total. The maximum Gasteiger partial charge on any atom is 0.450 e. The number of carbonyl (C=O) groups is 1. The highest BCUT2D eigenvalue weighted by Gasteiger charge is 2.42. The van der Waals surface area contributed by atoms with E-state index in [-0.39, 0.29) is 12.8 Å². The van der Waals surface area contributed by atoms with Gasteiger partial charge < -0.3 is 5.73 Å². The molecule has 0 rings (SSSR count). The fraction of sp³-hybridized carbons (Fsp3) is 0.727. The van der Waals surface area contributed by atoms with Gasteiger partial charge in [0.2, 0.25) is 5.78 Å². The largest absolute Gasteiger partial charge is 0.450 e. The zero-order chi connectivity index (χ0) is 13.3. The predicted molar refractivity (Wildman–Crippen MR) is 56.6 cm³/mol. The van der Waals surface area contributed by atoms with E-state index in [4.69, 9.17) is 11.0 Å². The molecule has 0 saturated carbocycles. The van der Waals surface area contributed by atoms with Crippen LogP contribution in [0.3, 0.4) is 0 Å². The van der Waals surface area contributed by atoms with E-state index in [9.17, 15) is 18.0 Å². The zero-order valence-corrected chi connectivity index (χ0v) is 9.46. The number of hydrogen-bond acceptors (Lipinski definition) is 3. The van der Waals surface area contributed by atoms with E-state index in [2.05, 4.69) is 0 Å². The van der Waals surface area contributed by atoms with Gasteiger partial charge >= 0.3 is 6.18 Å². The standard InChI is InChI=1S/C11H16F3N2O/c12-11(13,14)10(17)9(6-4-8-16)5-2-1-3-7-15/h6,9H,1-5,7,15H2. The van der Waals surface area contributed by atoms with Crippen molar-refractivity contribution in [3.8, 4) is 6.07 Å². The number of nitriles is 1. The van der Waals surface area contributed by atoms with Gasteiger partial charge in [-0.2, -0.15) is 18.4 Å². The lowest BCUT2D eigenvalue weighted by Crippen LogP contribution is -2.30. The highest BCUT2D eigenvalue weighted by molar-refractivity contribution is 5.87. The van der Waals surface area contributed by atoms with Crippen molar-refractivity contribution in [2.75, 3.05) is 6.54 Å². The Labute approximate surface area is 98.8 Å². The Morgan fingerprint density at radius 3 is 2.47 bits per heavy atom. The van der Waals surface area contributed by atoms with Gasteiger partial charge in [0, 0.05) is 12.3 Å². The molecule has 3 nitrogen and oxygen atoms in total. The van der Waals surface area contributed by atoms with Gasteiger partial charge in [-0.15, -0.1) is 0 Å². The Morgan fingerprint density at radius 1 is 1.35 bits per heavy atom. The third-order valence-corrected chi connectivity index (χ3v) is 2.33. The van der Waals surface area contributed by atoms with Crippen LogP contribution in [0.1, 0.15) is 32.1 Å². The number of ketones is 1. The van der Waals surface area contributed by atoms with E-state index in [1.807, 2.05) is 0 Å². The molecule has 0 fully saturated rings. The summed E-state index contributed by atoms with van der Waals surface area (Å²) in [4.78, 5) is 11.0. The summed E-state index contributed by atoms with van der Waals surface area (Å²) < 4.78 is 36.7. The summed E-state index contributed by atoms with van der Waals surface area (Å²) in [7, 11) is 0. The number of rotatable bonds is 8. The predicted octanol–water partition coefficient (Wildman–Crippen LogP) is 2.37. The lowest BCUT2D eigenvalue weighted by Gasteiger charge is -2.15. The highest BCUT2D eigenvalue weighted by atomic mass is 19.4. The SMILES string of the molecule is N#CC[CH]C(CCCCCN)C(=O)C(F)(F)F. The quantitative estimate of drug-likeness (QED) is 0.671. The molecule has 1 radical (unpaired) electrons.